The Morgan fingerprint density at radius 1 is 1.44 bits per heavy atom. The summed E-state index contributed by atoms with van der Waals surface area (Å²) in [6, 6.07) is 0.880. The van der Waals surface area contributed by atoms with E-state index in [-0.39, 0.29) is 6.20 Å². The maximum absolute atomic E-state index is 12.6. The van der Waals surface area contributed by atoms with E-state index >= 15 is 0 Å². The van der Waals surface area contributed by atoms with Gasteiger partial charge in [0.2, 0.25) is 0 Å². The highest BCUT2D eigenvalue weighted by Crippen LogP contribution is 2.40. The molecule has 0 amide bonds. The number of nitro groups is 1. The molecule has 5 nitrogen and oxygen atoms in total. The van der Waals surface area contributed by atoms with Crippen molar-refractivity contribution in [2.24, 2.45) is 0 Å². The zero-order valence-electron chi connectivity index (χ0n) is 8.20. The summed E-state index contributed by atoms with van der Waals surface area (Å²) < 4.78 is 62.4. The molecule has 0 aromatic carbocycles. The lowest BCUT2D eigenvalue weighted by Gasteiger charge is -2.11. The fourth-order valence-corrected chi connectivity index (χ4v) is 1.22. The number of aromatic nitrogens is 1. The van der Waals surface area contributed by atoms with Crippen molar-refractivity contribution in [1.29, 1.82) is 5.26 Å². The quantitative estimate of drug-likeness (QED) is 0.468. The standard InChI is InChI=1S/C8H2F5N3O2/c9-7(10)6-3(1-14)5(8(11,12)13)4(2-15-6)16(17)18/h2,7H. The van der Waals surface area contributed by atoms with Gasteiger partial charge in [0.05, 0.1) is 10.5 Å². The Morgan fingerprint density at radius 3 is 2.33 bits per heavy atom. The van der Waals surface area contributed by atoms with Crippen LogP contribution in [0, 0.1) is 21.4 Å². The smallest absolute Gasteiger partial charge is 0.258 e. The van der Waals surface area contributed by atoms with Crippen LogP contribution < -0.4 is 0 Å². The van der Waals surface area contributed by atoms with Crippen LogP contribution in [0.25, 0.3) is 0 Å². The average Bonchev–Trinajstić information content (AvgIpc) is 2.25. The minimum absolute atomic E-state index is 0.0607. The number of hydrogen-bond acceptors (Lipinski definition) is 4. The van der Waals surface area contributed by atoms with Gasteiger partial charge < -0.3 is 0 Å². The van der Waals surface area contributed by atoms with Crippen molar-refractivity contribution in [3.8, 4) is 6.07 Å². The van der Waals surface area contributed by atoms with Gasteiger partial charge in [0.25, 0.3) is 6.43 Å². The van der Waals surface area contributed by atoms with Gasteiger partial charge in [0.1, 0.15) is 18.0 Å². The van der Waals surface area contributed by atoms with Crippen molar-refractivity contribution >= 4 is 5.69 Å². The number of halogens is 5. The molecule has 0 radical (unpaired) electrons. The predicted molar refractivity (Wildman–Crippen MR) is 45.6 cm³/mol. The van der Waals surface area contributed by atoms with Crippen LogP contribution in [0.15, 0.2) is 6.20 Å². The molecule has 1 heterocycles. The molecule has 10 heteroatoms. The van der Waals surface area contributed by atoms with E-state index in [1.54, 1.807) is 0 Å². The summed E-state index contributed by atoms with van der Waals surface area (Å²) >= 11 is 0. The third-order valence-corrected chi connectivity index (χ3v) is 1.89. The van der Waals surface area contributed by atoms with E-state index < -0.39 is 40.0 Å². The fourth-order valence-electron chi connectivity index (χ4n) is 1.22. The number of hydrogen-bond donors (Lipinski definition) is 0. The molecular formula is C8H2F5N3O2. The Balaban J connectivity index is 3.75. The molecule has 0 atom stereocenters. The minimum atomic E-state index is -5.31. The van der Waals surface area contributed by atoms with Gasteiger partial charge in [-0.1, -0.05) is 0 Å². The summed E-state index contributed by atoms with van der Waals surface area (Å²) in [6.07, 6.45) is -8.69. The summed E-state index contributed by atoms with van der Waals surface area (Å²) in [5, 5.41) is 18.9. The van der Waals surface area contributed by atoms with Crippen molar-refractivity contribution in [3.05, 3.63) is 33.1 Å². The van der Waals surface area contributed by atoms with Crippen molar-refractivity contribution < 1.29 is 26.9 Å². The molecule has 0 aliphatic heterocycles. The number of nitrogens with zero attached hydrogens (tertiary/aromatic N) is 3. The zero-order valence-corrected chi connectivity index (χ0v) is 8.20. The van der Waals surface area contributed by atoms with Crippen molar-refractivity contribution in [2.45, 2.75) is 12.6 Å². The topological polar surface area (TPSA) is 79.8 Å². The molecule has 18 heavy (non-hydrogen) atoms. The van der Waals surface area contributed by atoms with Crippen molar-refractivity contribution in [3.63, 3.8) is 0 Å². The molecule has 1 aromatic heterocycles. The second-order valence-electron chi connectivity index (χ2n) is 2.95. The highest BCUT2D eigenvalue weighted by molar-refractivity contribution is 5.53. The summed E-state index contributed by atoms with van der Waals surface area (Å²) in [4.78, 5) is 11.8. The SMILES string of the molecule is N#Cc1c(C(F)F)ncc([N+](=O)[O-])c1C(F)(F)F. The predicted octanol–water partition coefficient (Wildman–Crippen LogP) is 2.82. The molecule has 1 aromatic rings. The van der Waals surface area contributed by atoms with Crippen molar-refractivity contribution in [2.75, 3.05) is 0 Å². The lowest BCUT2D eigenvalue weighted by molar-refractivity contribution is -0.388. The first kappa shape index (κ1) is 13.8. The summed E-state index contributed by atoms with van der Waals surface area (Å²) in [6.45, 7) is 0. The first-order valence-corrected chi connectivity index (χ1v) is 4.12. The van der Waals surface area contributed by atoms with Crippen molar-refractivity contribution in [1.82, 2.24) is 4.98 Å². The van der Waals surface area contributed by atoms with Gasteiger partial charge in [-0.15, -0.1) is 0 Å². The third kappa shape index (κ3) is 2.34. The van der Waals surface area contributed by atoms with E-state index in [2.05, 4.69) is 4.98 Å². The summed E-state index contributed by atoms with van der Waals surface area (Å²) in [7, 11) is 0. The van der Waals surface area contributed by atoms with E-state index in [0.29, 0.717) is 0 Å². The molecule has 0 aliphatic rings. The molecule has 0 saturated carbocycles. The van der Waals surface area contributed by atoms with Crippen LogP contribution in [0.5, 0.6) is 0 Å². The molecule has 0 fully saturated rings. The monoisotopic (exact) mass is 267 g/mol. The maximum Gasteiger partial charge on any atom is 0.424 e. The Morgan fingerprint density at radius 2 is 2.00 bits per heavy atom. The van der Waals surface area contributed by atoms with Crippen LogP contribution in [0.2, 0.25) is 0 Å². The van der Waals surface area contributed by atoms with Crippen LogP contribution in [-0.4, -0.2) is 9.91 Å². The van der Waals surface area contributed by atoms with Gasteiger partial charge in [0.15, 0.2) is 5.56 Å². The highest BCUT2D eigenvalue weighted by atomic mass is 19.4. The molecule has 0 unspecified atom stereocenters. The lowest BCUT2D eigenvalue weighted by atomic mass is 10.1. The number of rotatable bonds is 2. The number of nitriles is 1. The first-order chi connectivity index (χ1) is 8.20. The molecule has 0 spiro atoms. The van der Waals surface area contributed by atoms with E-state index in [1.807, 2.05) is 0 Å². The van der Waals surface area contributed by atoms with E-state index in [0.717, 1.165) is 6.07 Å². The molecule has 96 valence electrons. The molecule has 0 aliphatic carbocycles. The fraction of sp³-hybridized carbons (Fsp3) is 0.250. The van der Waals surface area contributed by atoms with Gasteiger partial charge in [-0.05, 0) is 0 Å². The third-order valence-electron chi connectivity index (χ3n) is 1.89. The normalized spacial score (nSPS) is 11.4. The summed E-state index contributed by atoms with van der Waals surface area (Å²) in [5.41, 5.74) is -6.52. The van der Waals surface area contributed by atoms with E-state index in [4.69, 9.17) is 5.26 Å². The second kappa shape index (κ2) is 4.52. The van der Waals surface area contributed by atoms with Gasteiger partial charge in [-0.2, -0.15) is 18.4 Å². The van der Waals surface area contributed by atoms with Gasteiger partial charge in [0, 0.05) is 0 Å². The van der Waals surface area contributed by atoms with Crippen LogP contribution >= 0.6 is 0 Å². The average molecular weight is 267 g/mol. The molecule has 1 rings (SSSR count). The molecule has 0 N–H and O–H groups in total. The maximum atomic E-state index is 12.6. The van der Waals surface area contributed by atoms with Gasteiger partial charge in [-0.25, -0.2) is 13.8 Å². The van der Waals surface area contributed by atoms with Crippen LogP contribution in [0.3, 0.4) is 0 Å². The number of pyridine rings is 1. The van der Waals surface area contributed by atoms with Gasteiger partial charge in [-0.3, -0.25) is 10.1 Å². The van der Waals surface area contributed by atoms with E-state index in [9.17, 15) is 32.1 Å². The Kier molecular flexibility index (Phi) is 3.45. The Bertz CT molecular complexity index is 535. The van der Waals surface area contributed by atoms with Crippen LogP contribution in [0.4, 0.5) is 27.6 Å². The Labute approximate surface area is 95.6 Å². The first-order valence-electron chi connectivity index (χ1n) is 4.12. The lowest BCUT2D eigenvalue weighted by Crippen LogP contribution is -2.14. The molecule has 0 saturated heterocycles. The molecular weight excluding hydrogens is 265 g/mol. The zero-order chi connectivity index (χ0) is 14.1. The number of alkyl halides is 5. The highest BCUT2D eigenvalue weighted by Gasteiger charge is 2.43. The largest absolute Gasteiger partial charge is 0.424 e. The minimum Gasteiger partial charge on any atom is -0.258 e. The Hall–Kier alpha value is -2.31. The van der Waals surface area contributed by atoms with Crippen LogP contribution in [-0.2, 0) is 6.18 Å². The molecule has 0 bridgehead atoms. The second-order valence-corrected chi connectivity index (χ2v) is 2.95. The van der Waals surface area contributed by atoms with Crippen LogP contribution in [0.1, 0.15) is 23.2 Å². The van der Waals surface area contributed by atoms with E-state index in [1.165, 1.54) is 0 Å². The summed E-state index contributed by atoms with van der Waals surface area (Å²) in [5.74, 6) is 0. The van der Waals surface area contributed by atoms with Gasteiger partial charge >= 0.3 is 11.9 Å².